The van der Waals surface area contributed by atoms with E-state index in [0.717, 1.165) is 35.0 Å². The van der Waals surface area contributed by atoms with Gasteiger partial charge in [0.15, 0.2) is 0 Å². The molecule has 21 heavy (non-hydrogen) atoms. The van der Waals surface area contributed by atoms with Crippen LogP contribution in [0.5, 0.6) is 0 Å². The summed E-state index contributed by atoms with van der Waals surface area (Å²) < 4.78 is 28.9. The van der Waals surface area contributed by atoms with Gasteiger partial charge in [-0.25, -0.2) is 13.1 Å². The summed E-state index contributed by atoms with van der Waals surface area (Å²) in [7, 11) is -3.47. The molecule has 4 nitrogen and oxygen atoms in total. The van der Waals surface area contributed by atoms with Gasteiger partial charge < -0.3 is 5.32 Å². The van der Waals surface area contributed by atoms with Crippen LogP contribution in [0.2, 0.25) is 0 Å². The van der Waals surface area contributed by atoms with Crippen LogP contribution >= 0.6 is 15.9 Å². The lowest BCUT2D eigenvalue weighted by atomic mass is 10.1. The summed E-state index contributed by atoms with van der Waals surface area (Å²) >= 11 is 3.47. The number of hydrogen-bond donors (Lipinski definition) is 2. The summed E-state index contributed by atoms with van der Waals surface area (Å²) in [5.74, 6) is 0.494. The smallest absolute Gasteiger partial charge is 0.241 e. The molecule has 0 saturated heterocycles. The van der Waals surface area contributed by atoms with Crippen LogP contribution in [-0.4, -0.2) is 21.0 Å². The van der Waals surface area contributed by atoms with E-state index in [2.05, 4.69) is 26.0 Å². The highest BCUT2D eigenvalue weighted by Crippen LogP contribution is 2.33. The van der Waals surface area contributed by atoms with E-state index in [1.165, 1.54) is 0 Å². The third kappa shape index (κ3) is 4.28. The van der Waals surface area contributed by atoms with E-state index in [1.54, 1.807) is 6.07 Å². The number of rotatable bonds is 7. The van der Waals surface area contributed by atoms with Gasteiger partial charge in [0.25, 0.3) is 0 Å². The van der Waals surface area contributed by atoms with Crippen molar-refractivity contribution in [3.8, 4) is 0 Å². The summed E-state index contributed by atoms with van der Waals surface area (Å²) in [5.41, 5.74) is 1.72. The summed E-state index contributed by atoms with van der Waals surface area (Å²) in [6.07, 6.45) is 2.24. The molecule has 2 rings (SSSR count). The van der Waals surface area contributed by atoms with Crippen LogP contribution in [0.1, 0.15) is 37.8 Å². The first-order chi connectivity index (χ1) is 9.85. The van der Waals surface area contributed by atoms with Gasteiger partial charge in [0.2, 0.25) is 10.0 Å². The lowest BCUT2D eigenvalue weighted by molar-refractivity contribution is 0.537. The minimum atomic E-state index is -3.47. The van der Waals surface area contributed by atoms with Crippen molar-refractivity contribution in [2.45, 2.75) is 51.1 Å². The molecule has 1 aliphatic rings. The molecule has 0 aliphatic heterocycles. The van der Waals surface area contributed by atoms with E-state index in [0.29, 0.717) is 17.4 Å². The molecule has 0 amide bonds. The maximum atomic E-state index is 12.6. The minimum Gasteiger partial charge on any atom is -0.313 e. The monoisotopic (exact) mass is 374 g/mol. The largest absolute Gasteiger partial charge is 0.313 e. The van der Waals surface area contributed by atoms with Crippen molar-refractivity contribution in [2.75, 3.05) is 6.54 Å². The number of nitrogens with one attached hydrogen (secondary N) is 2. The second-order valence-electron chi connectivity index (χ2n) is 5.73. The van der Waals surface area contributed by atoms with Gasteiger partial charge in [-0.3, -0.25) is 0 Å². The first-order valence-electron chi connectivity index (χ1n) is 7.37. The van der Waals surface area contributed by atoms with Crippen molar-refractivity contribution in [1.29, 1.82) is 0 Å². The molecular weight excluding hydrogens is 352 g/mol. The van der Waals surface area contributed by atoms with Gasteiger partial charge in [0.05, 0.1) is 4.90 Å². The summed E-state index contributed by atoms with van der Waals surface area (Å²) in [6.45, 7) is 7.32. The predicted molar refractivity (Wildman–Crippen MR) is 88.8 cm³/mol. The summed E-state index contributed by atoms with van der Waals surface area (Å²) in [6, 6.07) is 3.75. The Balaban J connectivity index is 2.29. The number of hydrogen-bond acceptors (Lipinski definition) is 3. The van der Waals surface area contributed by atoms with Crippen LogP contribution < -0.4 is 10.0 Å². The van der Waals surface area contributed by atoms with E-state index in [9.17, 15) is 8.42 Å². The maximum absolute atomic E-state index is 12.6. The molecule has 2 N–H and O–H groups in total. The average Bonchev–Trinajstić information content (AvgIpc) is 3.23. The lowest BCUT2D eigenvalue weighted by Gasteiger charge is -2.16. The standard InChI is InChI=1S/C15H23BrN2O2S/c1-4-17-9-12-7-14(16)10(2)15(8-12)21(19,20)18-11(3)13-5-6-13/h7-8,11,13,17-18H,4-6,9H2,1-3H3. The highest BCUT2D eigenvalue weighted by molar-refractivity contribution is 9.10. The summed E-state index contributed by atoms with van der Waals surface area (Å²) in [4.78, 5) is 0.372. The first-order valence-corrected chi connectivity index (χ1v) is 9.65. The van der Waals surface area contributed by atoms with Gasteiger partial charge in [-0.2, -0.15) is 0 Å². The molecule has 0 bridgehead atoms. The van der Waals surface area contributed by atoms with Crippen LogP contribution in [0.25, 0.3) is 0 Å². The third-order valence-electron chi connectivity index (χ3n) is 3.90. The van der Waals surface area contributed by atoms with Gasteiger partial charge in [0.1, 0.15) is 0 Å². The number of benzene rings is 1. The molecule has 0 heterocycles. The molecule has 1 saturated carbocycles. The van der Waals surface area contributed by atoms with E-state index in [4.69, 9.17) is 0 Å². The second-order valence-corrected chi connectivity index (χ2v) is 8.27. The van der Waals surface area contributed by atoms with Crippen LogP contribution in [0.3, 0.4) is 0 Å². The molecule has 118 valence electrons. The SMILES string of the molecule is CCNCc1cc(Br)c(C)c(S(=O)(=O)NC(C)C2CC2)c1. The Morgan fingerprint density at radius 1 is 1.38 bits per heavy atom. The fraction of sp³-hybridized carbons (Fsp3) is 0.600. The van der Waals surface area contributed by atoms with Crippen molar-refractivity contribution in [1.82, 2.24) is 10.0 Å². The summed E-state index contributed by atoms with van der Waals surface area (Å²) in [5, 5.41) is 3.22. The van der Waals surface area contributed by atoms with Crippen LogP contribution in [0.15, 0.2) is 21.5 Å². The van der Waals surface area contributed by atoms with Crippen molar-refractivity contribution >= 4 is 26.0 Å². The number of sulfonamides is 1. The normalized spacial score (nSPS) is 17.0. The Morgan fingerprint density at radius 2 is 2.05 bits per heavy atom. The van der Waals surface area contributed by atoms with Crippen LogP contribution in [0, 0.1) is 12.8 Å². The topological polar surface area (TPSA) is 58.2 Å². The zero-order valence-electron chi connectivity index (χ0n) is 12.7. The highest BCUT2D eigenvalue weighted by atomic mass is 79.9. The molecule has 0 spiro atoms. The predicted octanol–water partition coefficient (Wildman–Crippen LogP) is 2.94. The van der Waals surface area contributed by atoms with Gasteiger partial charge in [0, 0.05) is 17.1 Å². The quantitative estimate of drug-likeness (QED) is 0.771. The van der Waals surface area contributed by atoms with Crippen molar-refractivity contribution in [3.63, 3.8) is 0 Å². The van der Waals surface area contributed by atoms with Gasteiger partial charge in [-0.05, 0) is 62.4 Å². The Labute approximate surface area is 135 Å². The highest BCUT2D eigenvalue weighted by Gasteiger charge is 2.32. The van der Waals surface area contributed by atoms with Gasteiger partial charge >= 0.3 is 0 Å². The molecule has 1 aliphatic carbocycles. The van der Waals surface area contributed by atoms with Gasteiger partial charge in [-0.15, -0.1) is 0 Å². The maximum Gasteiger partial charge on any atom is 0.241 e. The fourth-order valence-corrected chi connectivity index (χ4v) is 4.63. The molecule has 1 atom stereocenters. The lowest BCUT2D eigenvalue weighted by Crippen LogP contribution is -2.34. The molecule has 1 unspecified atom stereocenters. The van der Waals surface area contributed by atoms with Crippen molar-refractivity contribution in [2.24, 2.45) is 5.92 Å². The molecule has 0 radical (unpaired) electrons. The molecule has 1 aromatic rings. The van der Waals surface area contributed by atoms with Gasteiger partial charge in [-0.1, -0.05) is 22.9 Å². The Morgan fingerprint density at radius 3 is 2.62 bits per heavy atom. The first kappa shape index (κ1) is 16.9. The molecule has 1 fully saturated rings. The molecular formula is C15H23BrN2O2S. The van der Waals surface area contributed by atoms with Crippen molar-refractivity contribution < 1.29 is 8.42 Å². The Kier molecular flexibility index (Phi) is 5.46. The van der Waals surface area contributed by atoms with E-state index < -0.39 is 10.0 Å². The molecule has 1 aromatic carbocycles. The van der Waals surface area contributed by atoms with Crippen LogP contribution in [0.4, 0.5) is 0 Å². The second kappa shape index (κ2) is 6.77. The molecule has 0 aromatic heterocycles. The van der Waals surface area contributed by atoms with Crippen molar-refractivity contribution in [3.05, 3.63) is 27.7 Å². The van der Waals surface area contributed by atoms with E-state index in [-0.39, 0.29) is 6.04 Å². The molecule has 6 heteroatoms. The Bertz CT molecular complexity index is 612. The zero-order chi connectivity index (χ0) is 15.6. The average molecular weight is 375 g/mol. The van der Waals surface area contributed by atoms with E-state index in [1.807, 2.05) is 26.8 Å². The van der Waals surface area contributed by atoms with Crippen LogP contribution in [-0.2, 0) is 16.6 Å². The Hall–Kier alpha value is -0.430. The minimum absolute atomic E-state index is 0.00518. The number of halogens is 1. The van der Waals surface area contributed by atoms with E-state index >= 15 is 0 Å². The third-order valence-corrected chi connectivity index (χ3v) is 6.40. The fourth-order valence-electron chi connectivity index (χ4n) is 2.36. The zero-order valence-corrected chi connectivity index (χ0v) is 15.1.